The quantitative estimate of drug-likeness (QED) is 0.787. The molecule has 0 aliphatic heterocycles. The molecular weight excluding hydrogens is 232 g/mol. The molecule has 1 atom stereocenters. The van der Waals surface area contributed by atoms with Gasteiger partial charge in [-0.3, -0.25) is 0 Å². The van der Waals surface area contributed by atoms with Crippen LogP contribution in [0.25, 0.3) is 0 Å². The van der Waals surface area contributed by atoms with Gasteiger partial charge in [-0.05, 0) is 48.3 Å². The average Bonchev–Trinajstić information content (AvgIpc) is 2.75. The fraction of sp³-hybridized carbons (Fsp3) is 0.667. The highest BCUT2D eigenvalue weighted by Crippen LogP contribution is 2.32. The van der Waals surface area contributed by atoms with Crippen LogP contribution in [0, 0.1) is 5.92 Å². The van der Waals surface area contributed by atoms with E-state index in [0.717, 1.165) is 17.9 Å². The van der Waals surface area contributed by atoms with E-state index in [-0.39, 0.29) is 6.10 Å². The third kappa shape index (κ3) is 3.20. The second-order valence-electron chi connectivity index (χ2n) is 6.49. The van der Waals surface area contributed by atoms with Crippen LogP contribution >= 0.6 is 0 Å². The lowest BCUT2D eigenvalue weighted by molar-refractivity contribution is 0.139. The van der Waals surface area contributed by atoms with Crippen LogP contribution in [0.3, 0.4) is 0 Å². The number of aliphatic hydroxyl groups is 1. The van der Waals surface area contributed by atoms with Crippen LogP contribution in [-0.2, 0) is 12.8 Å². The summed E-state index contributed by atoms with van der Waals surface area (Å²) in [5.41, 5.74) is 4.15. The highest BCUT2D eigenvalue weighted by atomic mass is 16.3. The second-order valence-corrected chi connectivity index (χ2v) is 6.49. The molecule has 0 radical (unpaired) electrons. The Morgan fingerprint density at radius 3 is 2.47 bits per heavy atom. The zero-order chi connectivity index (χ0) is 13.1. The molecular formula is C18H26O. The van der Waals surface area contributed by atoms with Crippen molar-refractivity contribution in [1.82, 2.24) is 0 Å². The molecule has 1 nitrogen and oxygen atoms in total. The van der Waals surface area contributed by atoms with Gasteiger partial charge < -0.3 is 5.11 Å². The number of hydrogen-bond acceptors (Lipinski definition) is 1. The van der Waals surface area contributed by atoms with E-state index in [9.17, 15) is 5.11 Å². The third-order valence-corrected chi connectivity index (χ3v) is 5.04. The van der Waals surface area contributed by atoms with Crippen LogP contribution in [0.5, 0.6) is 0 Å². The zero-order valence-corrected chi connectivity index (χ0v) is 11.9. The molecule has 104 valence electrons. The Morgan fingerprint density at radius 2 is 1.68 bits per heavy atom. The van der Waals surface area contributed by atoms with Crippen molar-refractivity contribution in [3.63, 3.8) is 0 Å². The predicted octanol–water partition coefficient (Wildman–Crippen LogP) is 4.57. The number of hydrogen-bond donors (Lipinski definition) is 1. The topological polar surface area (TPSA) is 20.2 Å². The summed E-state index contributed by atoms with van der Waals surface area (Å²) in [6.07, 6.45) is 12.6. The highest BCUT2D eigenvalue weighted by molar-refractivity contribution is 5.36. The molecule has 2 aliphatic carbocycles. The van der Waals surface area contributed by atoms with Crippen molar-refractivity contribution in [1.29, 1.82) is 0 Å². The molecule has 0 bridgehead atoms. The van der Waals surface area contributed by atoms with E-state index in [0.29, 0.717) is 0 Å². The molecule has 1 fully saturated rings. The number of aliphatic hydroxyl groups excluding tert-OH is 1. The van der Waals surface area contributed by atoms with Gasteiger partial charge in [0.25, 0.3) is 0 Å². The number of fused-ring (bicyclic) bond motifs is 1. The van der Waals surface area contributed by atoms with Crippen molar-refractivity contribution in [2.24, 2.45) is 5.92 Å². The molecule has 1 aromatic rings. The fourth-order valence-electron chi connectivity index (χ4n) is 3.85. The summed E-state index contributed by atoms with van der Waals surface area (Å²) in [4.78, 5) is 0. The van der Waals surface area contributed by atoms with Gasteiger partial charge in [-0.25, -0.2) is 0 Å². The van der Waals surface area contributed by atoms with Crippen LogP contribution in [-0.4, -0.2) is 5.11 Å². The maximum atomic E-state index is 10.5. The van der Waals surface area contributed by atoms with E-state index in [1.165, 1.54) is 68.9 Å². The van der Waals surface area contributed by atoms with Gasteiger partial charge in [-0.2, -0.15) is 0 Å². The first-order valence-corrected chi connectivity index (χ1v) is 8.13. The molecule has 1 N–H and O–H groups in total. The Morgan fingerprint density at radius 1 is 0.947 bits per heavy atom. The molecule has 2 aliphatic rings. The minimum atomic E-state index is -0.242. The normalized spacial score (nSPS) is 21.9. The first-order chi connectivity index (χ1) is 9.33. The molecule has 0 spiro atoms. The van der Waals surface area contributed by atoms with E-state index < -0.39 is 0 Å². The number of aryl methyl sites for hydroxylation is 2. The fourth-order valence-corrected chi connectivity index (χ4v) is 3.85. The van der Waals surface area contributed by atoms with Crippen molar-refractivity contribution in [3.8, 4) is 0 Å². The van der Waals surface area contributed by atoms with Crippen molar-refractivity contribution in [2.75, 3.05) is 0 Å². The lowest BCUT2D eigenvalue weighted by Gasteiger charge is -2.19. The summed E-state index contributed by atoms with van der Waals surface area (Å²) in [5.74, 6) is 0.741. The molecule has 0 heterocycles. The monoisotopic (exact) mass is 258 g/mol. The second kappa shape index (κ2) is 6.09. The van der Waals surface area contributed by atoms with Gasteiger partial charge >= 0.3 is 0 Å². The smallest absolute Gasteiger partial charge is 0.0792 e. The molecule has 0 saturated heterocycles. The van der Waals surface area contributed by atoms with Crippen molar-refractivity contribution >= 4 is 0 Å². The van der Waals surface area contributed by atoms with Crippen molar-refractivity contribution in [3.05, 3.63) is 34.9 Å². The first-order valence-electron chi connectivity index (χ1n) is 8.13. The Labute approximate surface area is 117 Å². The Hall–Kier alpha value is -0.820. The Bertz CT molecular complexity index is 416. The van der Waals surface area contributed by atoms with Crippen LogP contribution in [0.15, 0.2) is 18.2 Å². The van der Waals surface area contributed by atoms with Gasteiger partial charge in [-0.15, -0.1) is 0 Å². The van der Waals surface area contributed by atoms with Gasteiger partial charge in [0.05, 0.1) is 6.10 Å². The van der Waals surface area contributed by atoms with Gasteiger partial charge in [0.1, 0.15) is 0 Å². The zero-order valence-electron chi connectivity index (χ0n) is 11.9. The van der Waals surface area contributed by atoms with Gasteiger partial charge in [0.2, 0.25) is 0 Å². The number of benzene rings is 1. The number of rotatable bonds is 3. The first kappa shape index (κ1) is 13.2. The summed E-state index contributed by atoms with van der Waals surface area (Å²) < 4.78 is 0. The minimum absolute atomic E-state index is 0.242. The van der Waals surface area contributed by atoms with Crippen LogP contribution in [0.2, 0.25) is 0 Å². The van der Waals surface area contributed by atoms with E-state index in [1.807, 2.05) is 0 Å². The molecule has 0 aromatic heterocycles. The molecule has 1 saturated carbocycles. The van der Waals surface area contributed by atoms with Gasteiger partial charge in [0.15, 0.2) is 0 Å². The maximum Gasteiger partial charge on any atom is 0.0792 e. The minimum Gasteiger partial charge on any atom is -0.388 e. The van der Waals surface area contributed by atoms with E-state index in [1.54, 1.807) is 0 Å². The van der Waals surface area contributed by atoms with Crippen LogP contribution < -0.4 is 0 Å². The average molecular weight is 258 g/mol. The Balaban J connectivity index is 1.64. The molecule has 0 amide bonds. The molecule has 19 heavy (non-hydrogen) atoms. The summed E-state index contributed by atoms with van der Waals surface area (Å²) in [6.45, 7) is 0. The SMILES string of the molecule is OC(CC1CCCCCC1)c1ccc2c(c1)CCC2. The van der Waals surface area contributed by atoms with Gasteiger partial charge in [-0.1, -0.05) is 56.7 Å². The standard InChI is InChI=1S/C18H26O/c19-18(12-14-6-3-1-2-4-7-14)17-11-10-15-8-5-9-16(15)13-17/h10-11,13-14,18-19H,1-9,12H2. The predicted molar refractivity (Wildman–Crippen MR) is 79.2 cm³/mol. The van der Waals surface area contributed by atoms with Crippen molar-refractivity contribution in [2.45, 2.75) is 70.3 Å². The van der Waals surface area contributed by atoms with E-state index in [4.69, 9.17) is 0 Å². The van der Waals surface area contributed by atoms with E-state index in [2.05, 4.69) is 18.2 Å². The lowest BCUT2D eigenvalue weighted by Crippen LogP contribution is -2.07. The highest BCUT2D eigenvalue weighted by Gasteiger charge is 2.19. The molecule has 1 heteroatoms. The summed E-state index contributed by atoms with van der Waals surface area (Å²) in [5, 5.41) is 10.5. The largest absolute Gasteiger partial charge is 0.388 e. The molecule has 3 rings (SSSR count). The molecule has 1 aromatic carbocycles. The van der Waals surface area contributed by atoms with E-state index >= 15 is 0 Å². The van der Waals surface area contributed by atoms with Gasteiger partial charge in [0, 0.05) is 0 Å². The summed E-state index contributed by atoms with van der Waals surface area (Å²) in [6, 6.07) is 6.67. The van der Waals surface area contributed by atoms with Crippen LogP contribution in [0.1, 0.15) is 74.2 Å². The van der Waals surface area contributed by atoms with Crippen molar-refractivity contribution < 1.29 is 5.11 Å². The molecule has 1 unspecified atom stereocenters. The Kier molecular flexibility index (Phi) is 4.22. The lowest BCUT2D eigenvalue weighted by atomic mass is 9.90. The third-order valence-electron chi connectivity index (χ3n) is 5.04. The summed E-state index contributed by atoms with van der Waals surface area (Å²) >= 11 is 0. The maximum absolute atomic E-state index is 10.5. The van der Waals surface area contributed by atoms with Crippen LogP contribution in [0.4, 0.5) is 0 Å². The summed E-state index contributed by atoms with van der Waals surface area (Å²) in [7, 11) is 0.